The summed E-state index contributed by atoms with van der Waals surface area (Å²) in [5, 5.41) is 8.96. The van der Waals surface area contributed by atoms with Crippen molar-refractivity contribution >= 4 is 16.0 Å². The van der Waals surface area contributed by atoms with Crippen LogP contribution in [0.3, 0.4) is 0 Å². The summed E-state index contributed by atoms with van der Waals surface area (Å²) < 4.78 is 26.8. The summed E-state index contributed by atoms with van der Waals surface area (Å²) in [5.41, 5.74) is 0. The van der Waals surface area contributed by atoms with Gasteiger partial charge in [-0.3, -0.25) is 9.69 Å². The lowest BCUT2D eigenvalue weighted by molar-refractivity contribution is -0.139. The summed E-state index contributed by atoms with van der Waals surface area (Å²) in [5.74, 6) is -0.200. The highest BCUT2D eigenvalue weighted by atomic mass is 32.2. The van der Waals surface area contributed by atoms with E-state index in [1.165, 1.54) is 6.42 Å². The van der Waals surface area contributed by atoms with Gasteiger partial charge in [-0.1, -0.05) is 26.2 Å². The maximum Gasteiger partial charge on any atom is 0.317 e. The lowest BCUT2D eigenvalue weighted by Gasteiger charge is -2.37. The Morgan fingerprint density at radius 2 is 1.74 bits per heavy atom. The van der Waals surface area contributed by atoms with Crippen LogP contribution >= 0.6 is 0 Å². The van der Waals surface area contributed by atoms with E-state index >= 15 is 0 Å². The third kappa shape index (κ3) is 5.43. The van der Waals surface area contributed by atoms with Gasteiger partial charge in [0, 0.05) is 19.1 Å². The summed E-state index contributed by atoms with van der Waals surface area (Å²) in [7, 11) is -3.16. The zero-order chi connectivity index (χ0) is 16.9. The predicted molar refractivity (Wildman–Crippen MR) is 89.8 cm³/mol. The molecule has 0 aromatic heterocycles. The molecule has 6 nitrogen and oxygen atoms in total. The van der Waals surface area contributed by atoms with Crippen molar-refractivity contribution in [3.05, 3.63) is 0 Å². The van der Waals surface area contributed by atoms with Gasteiger partial charge in [-0.15, -0.1) is 0 Å². The summed E-state index contributed by atoms with van der Waals surface area (Å²) in [6.07, 6.45) is 7.08. The second-order valence-corrected chi connectivity index (χ2v) is 8.88. The maximum atomic E-state index is 12.6. The van der Waals surface area contributed by atoms with E-state index in [1.54, 1.807) is 4.31 Å². The van der Waals surface area contributed by atoms with E-state index in [-0.39, 0.29) is 12.6 Å². The van der Waals surface area contributed by atoms with Gasteiger partial charge >= 0.3 is 5.97 Å². The first-order valence-electron chi connectivity index (χ1n) is 8.86. The van der Waals surface area contributed by atoms with Gasteiger partial charge in [-0.25, -0.2) is 12.7 Å². The molecule has 7 heteroatoms. The summed E-state index contributed by atoms with van der Waals surface area (Å²) in [6, 6.07) is 0.178. The van der Waals surface area contributed by atoms with Crippen LogP contribution in [0.15, 0.2) is 0 Å². The molecule has 0 aromatic rings. The molecule has 1 saturated carbocycles. The molecule has 0 bridgehead atoms. The van der Waals surface area contributed by atoms with Crippen molar-refractivity contribution in [2.75, 3.05) is 31.9 Å². The van der Waals surface area contributed by atoms with Gasteiger partial charge in [0.15, 0.2) is 0 Å². The summed E-state index contributed by atoms with van der Waals surface area (Å²) >= 11 is 0. The minimum Gasteiger partial charge on any atom is -0.480 e. The minimum absolute atomic E-state index is 0.0377. The van der Waals surface area contributed by atoms with Crippen LogP contribution in [0.5, 0.6) is 0 Å². The SMILES string of the molecule is CCN(CC(=O)O)C1CCN(S(=O)(=O)CC2CCCCC2)CC1. The highest BCUT2D eigenvalue weighted by molar-refractivity contribution is 7.89. The normalized spacial score (nSPS) is 22.5. The fourth-order valence-corrected chi connectivity index (χ4v) is 5.82. The molecule has 0 spiro atoms. The van der Waals surface area contributed by atoms with Crippen LogP contribution in [-0.2, 0) is 14.8 Å². The van der Waals surface area contributed by atoms with Crippen molar-refractivity contribution in [2.24, 2.45) is 5.92 Å². The molecule has 0 radical (unpaired) electrons. The highest BCUT2D eigenvalue weighted by Crippen LogP contribution is 2.27. The fourth-order valence-electron chi connectivity index (χ4n) is 3.92. The van der Waals surface area contributed by atoms with Gasteiger partial charge in [-0.05, 0) is 38.1 Å². The Hall–Kier alpha value is -0.660. The standard InChI is InChI=1S/C16H30N2O4S/c1-2-17(12-16(19)20)15-8-10-18(11-9-15)23(21,22)13-14-6-4-3-5-7-14/h14-15H,2-13H2,1H3,(H,19,20). The third-order valence-electron chi connectivity index (χ3n) is 5.25. The predicted octanol–water partition coefficient (Wildman–Crippen LogP) is 1.77. The molecule has 23 heavy (non-hydrogen) atoms. The van der Waals surface area contributed by atoms with Gasteiger partial charge < -0.3 is 5.11 Å². The monoisotopic (exact) mass is 346 g/mol. The molecule has 1 aliphatic heterocycles. The van der Waals surface area contributed by atoms with Crippen LogP contribution in [0.25, 0.3) is 0 Å². The quantitative estimate of drug-likeness (QED) is 0.760. The highest BCUT2D eigenvalue weighted by Gasteiger charge is 2.32. The molecule has 2 rings (SSSR count). The van der Waals surface area contributed by atoms with Crippen molar-refractivity contribution < 1.29 is 18.3 Å². The number of sulfonamides is 1. The Bertz CT molecular complexity index is 480. The van der Waals surface area contributed by atoms with Gasteiger partial charge in [0.1, 0.15) is 0 Å². The third-order valence-corrected chi connectivity index (χ3v) is 7.29. The second-order valence-electron chi connectivity index (χ2n) is 6.87. The molecule has 0 unspecified atom stereocenters. The first-order valence-corrected chi connectivity index (χ1v) is 10.5. The molecule has 0 aromatic carbocycles. The lowest BCUT2D eigenvalue weighted by Crippen LogP contribution is -2.48. The first kappa shape index (κ1) is 18.7. The smallest absolute Gasteiger partial charge is 0.317 e. The number of carbonyl (C=O) groups is 1. The van der Waals surface area contributed by atoms with Gasteiger partial charge in [0.2, 0.25) is 10.0 Å². The van der Waals surface area contributed by atoms with Gasteiger partial charge in [0.05, 0.1) is 12.3 Å². The number of aliphatic carboxylic acids is 1. The Labute approximate surface area is 139 Å². The van der Waals surface area contributed by atoms with Crippen LogP contribution in [0.1, 0.15) is 51.9 Å². The van der Waals surface area contributed by atoms with Gasteiger partial charge in [-0.2, -0.15) is 0 Å². The Kier molecular flexibility index (Phi) is 6.85. The molecule has 1 aliphatic carbocycles. The number of likely N-dealkylation sites (N-methyl/N-ethyl adjacent to an activating group) is 1. The number of carboxylic acid groups (broad SMARTS) is 1. The van der Waals surface area contributed by atoms with E-state index in [2.05, 4.69) is 0 Å². The number of carboxylic acids is 1. The van der Waals surface area contributed by atoms with Crippen molar-refractivity contribution in [3.63, 3.8) is 0 Å². The number of hydrogen-bond donors (Lipinski definition) is 1. The number of hydrogen-bond acceptors (Lipinski definition) is 4. The van der Waals surface area contributed by atoms with Crippen molar-refractivity contribution in [1.82, 2.24) is 9.21 Å². The summed E-state index contributed by atoms with van der Waals surface area (Å²) in [6.45, 7) is 3.72. The second kappa shape index (κ2) is 8.44. The van der Waals surface area contributed by atoms with Crippen molar-refractivity contribution in [2.45, 2.75) is 57.9 Å². The van der Waals surface area contributed by atoms with E-state index in [9.17, 15) is 13.2 Å². The van der Waals surface area contributed by atoms with Gasteiger partial charge in [0.25, 0.3) is 0 Å². The largest absolute Gasteiger partial charge is 0.480 e. The van der Waals surface area contributed by atoms with Crippen LogP contribution in [0, 0.1) is 5.92 Å². The van der Waals surface area contributed by atoms with E-state index in [4.69, 9.17) is 5.11 Å². The fraction of sp³-hybridized carbons (Fsp3) is 0.938. The van der Waals surface area contributed by atoms with E-state index < -0.39 is 16.0 Å². The van der Waals surface area contributed by atoms with E-state index in [1.807, 2.05) is 11.8 Å². The molecule has 0 amide bonds. The number of nitrogens with zero attached hydrogens (tertiary/aromatic N) is 2. The number of piperidine rings is 1. The van der Waals surface area contributed by atoms with E-state index in [0.29, 0.717) is 31.3 Å². The molecule has 1 heterocycles. The molecule has 2 aliphatic rings. The zero-order valence-corrected chi connectivity index (χ0v) is 14.9. The Morgan fingerprint density at radius 3 is 2.26 bits per heavy atom. The summed E-state index contributed by atoms with van der Waals surface area (Å²) in [4.78, 5) is 12.8. The molecule has 2 fully saturated rings. The molecular formula is C16H30N2O4S. The average molecular weight is 346 g/mol. The lowest BCUT2D eigenvalue weighted by atomic mass is 9.91. The van der Waals surface area contributed by atoms with Crippen LogP contribution in [0.2, 0.25) is 0 Å². The minimum atomic E-state index is -3.16. The van der Waals surface area contributed by atoms with Crippen LogP contribution in [0.4, 0.5) is 0 Å². The average Bonchev–Trinajstić information content (AvgIpc) is 2.53. The topological polar surface area (TPSA) is 77.9 Å². The van der Waals surface area contributed by atoms with E-state index in [0.717, 1.165) is 38.5 Å². The van der Waals surface area contributed by atoms with Crippen molar-refractivity contribution in [3.8, 4) is 0 Å². The Morgan fingerprint density at radius 1 is 1.13 bits per heavy atom. The first-order chi connectivity index (χ1) is 10.9. The van der Waals surface area contributed by atoms with Crippen LogP contribution < -0.4 is 0 Å². The van der Waals surface area contributed by atoms with Crippen molar-refractivity contribution in [1.29, 1.82) is 0 Å². The maximum absolute atomic E-state index is 12.6. The molecule has 1 N–H and O–H groups in total. The van der Waals surface area contributed by atoms with Crippen LogP contribution in [-0.4, -0.2) is 66.7 Å². The molecule has 0 atom stereocenters. The Balaban J connectivity index is 1.85. The zero-order valence-electron chi connectivity index (χ0n) is 14.1. The molecule has 134 valence electrons. The molecule has 1 saturated heterocycles. The number of rotatable bonds is 7. The molecular weight excluding hydrogens is 316 g/mol.